The van der Waals surface area contributed by atoms with Gasteiger partial charge in [0.25, 0.3) is 0 Å². The maximum Gasteiger partial charge on any atom is 0.327 e. The van der Waals surface area contributed by atoms with E-state index in [1.807, 2.05) is 12.1 Å². The molecule has 2 aromatic rings. The molecule has 1 aromatic heterocycles. The van der Waals surface area contributed by atoms with Gasteiger partial charge in [-0.05, 0) is 25.0 Å². The summed E-state index contributed by atoms with van der Waals surface area (Å²) in [6, 6.07) is 6.57. The van der Waals surface area contributed by atoms with Gasteiger partial charge in [-0.3, -0.25) is 19.5 Å². The molecule has 6 nitrogen and oxygen atoms in total. The molecule has 1 aliphatic heterocycles. The molecule has 1 atom stereocenters. The van der Waals surface area contributed by atoms with Crippen molar-refractivity contribution in [2.24, 2.45) is 0 Å². The number of H-pyrrole nitrogens is 1. The van der Waals surface area contributed by atoms with Gasteiger partial charge in [0.2, 0.25) is 11.8 Å². The van der Waals surface area contributed by atoms with Crippen LogP contribution in [0.15, 0.2) is 29.1 Å². The molecule has 0 saturated carbocycles. The van der Waals surface area contributed by atoms with Crippen LogP contribution in [-0.2, 0) is 9.59 Å². The Morgan fingerprint density at radius 1 is 1.16 bits per heavy atom. The Labute approximate surface area is 108 Å². The van der Waals surface area contributed by atoms with Crippen LogP contribution in [0.4, 0.5) is 0 Å². The minimum Gasteiger partial charge on any atom is -0.306 e. The Hall–Kier alpha value is -2.37. The third-order valence-electron chi connectivity index (χ3n) is 3.38. The molecule has 98 valence electrons. The van der Waals surface area contributed by atoms with Crippen molar-refractivity contribution in [3.8, 4) is 0 Å². The molecule has 3 rings (SSSR count). The minimum atomic E-state index is -0.630. The van der Waals surface area contributed by atoms with E-state index in [0.717, 1.165) is 0 Å². The first-order valence-corrected chi connectivity index (χ1v) is 6.20. The Morgan fingerprint density at radius 3 is 2.79 bits per heavy atom. The van der Waals surface area contributed by atoms with Crippen molar-refractivity contribution in [3.63, 3.8) is 0 Å². The Bertz CT molecular complexity index is 713. The van der Waals surface area contributed by atoms with Gasteiger partial charge < -0.3 is 4.98 Å². The summed E-state index contributed by atoms with van der Waals surface area (Å²) in [7, 11) is 0. The van der Waals surface area contributed by atoms with Gasteiger partial charge in [-0.1, -0.05) is 12.1 Å². The smallest absolute Gasteiger partial charge is 0.306 e. The molecular weight excluding hydrogens is 246 g/mol. The standard InChI is InChI=1S/C13H13N3O3/c17-11-7-3-6-10(12(18)15-11)16-9-5-2-1-4-8(9)14-13(16)19/h1-2,4-5,10H,3,6-7H2,(H,14,19)(H,15,17,18). The van der Waals surface area contributed by atoms with Crippen LogP contribution in [0.2, 0.25) is 0 Å². The second-order valence-electron chi connectivity index (χ2n) is 4.64. The molecular formula is C13H13N3O3. The Kier molecular flexibility index (Phi) is 2.70. The van der Waals surface area contributed by atoms with Crippen molar-refractivity contribution < 1.29 is 9.59 Å². The lowest BCUT2D eigenvalue weighted by Crippen LogP contribution is -2.37. The molecule has 0 spiro atoms. The average molecular weight is 259 g/mol. The van der Waals surface area contributed by atoms with E-state index < -0.39 is 11.9 Å². The topological polar surface area (TPSA) is 84.0 Å². The highest BCUT2D eigenvalue weighted by Gasteiger charge is 2.28. The number of fused-ring (bicyclic) bond motifs is 1. The number of nitrogens with zero attached hydrogens (tertiary/aromatic N) is 1. The van der Waals surface area contributed by atoms with E-state index in [0.29, 0.717) is 30.3 Å². The van der Waals surface area contributed by atoms with Crippen molar-refractivity contribution in [2.45, 2.75) is 25.3 Å². The molecule has 0 aliphatic carbocycles. The van der Waals surface area contributed by atoms with E-state index in [1.165, 1.54) is 4.57 Å². The molecule has 19 heavy (non-hydrogen) atoms. The maximum atomic E-state index is 12.0. The first-order chi connectivity index (χ1) is 9.16. The zero-order valence-corrected chi connectivity index (χ0v) is 10.2. The number of carbonyl (C=O) groups is 2. The van der Waals surface area contributed by atoms with Crippen molar-refractivity contribution in [1.82, 2.24) is 14.9 Å². The third-order valence-corrected chi connectivity index (χ3v) is 3.38. The van der Waals surface area contributed by atoms with Crippen molar-refractivity contribution >= 4 is 22.8 Å². The summed E-state index contributed by atoms with van der Waals surface area (Å²) >= 11 is 0. The summed E-state index contributed by atoms with van der Waals surface area (Å²) in [5.74, 6) is -0.685. The van der Waals surface area contributed by atoms with Gasteiger partial charge in [-0.25, -0.2) is 4.79 Å². The fourth-order valence-electron chi connectivity index (χ4n) is 2.50. The highest BCUT2D eigenvalue weighted by Crippen LogP contribution is 2.21. The van der Waals surface area contributed by atoms with Gasteiger partial charge in [0, 0.05) is 6.42 Å². The van der Waals surface area contributed by atoms with Gasteiger partial charge in [-0.15, -0.1) is 0 Å². The third kappa shape index (κ3) is 1.95. The zero-order chi connectivity index (χ0) is 13.4. The molecule has 2 amide bonds. The summed E-state index contributed by atoms with van der Waals surface area (Å²) in [6.07, 6.45) is 1.40. The number of amides is 2. The van der Waals surface area contributed by atoms with Crippen LogP contribution < -0.4 is 11.0 Å². The van der Waals surface area contributed by atoms with E-state index in [9.17, 15) is 14.4 Å². The first-order valence-electron chi connectivity index (χ1n) is 6.20. The number of para-hydroxylation sites is 2. The normalized spacial score (nSPS) is 20.3. The summed E-state index contributed by atoms with van der Waals surface area (Å²) in [5.41, 5.74) is 1.05. The van der Waals surface area contributed by atoms with E-state index in [2.05, 4.69) is 10.3 Å². The number of imidazole rings is 1. The van der Waals surface area contributed by atoms with Crippen LogP contribution >= 0.6 is 0 Å². The molecule has 2 N–H and O–H groups in total. The fourth-order valence-corrected chi connectivity index (χ4v) is 2.50. The van der Waals surface area contributed by atoms with E-state index in [4.69, 9.17) is 0 Å². The second-order valence-corrected chi connectivity index (χ2v) is 4.64. The predicted octanol–water partition coefficient (Wildman–Crippen LogP) is 0.697. The molecule has 2 heterocycles. The number of benzene rings is 1. The van der Waals surface area contributed by atoms with Gasteiger partial charge >= 0.3 is 5.69 Å². The van der Waals surface area contributed by atoms with Crippen LogP contribution in [0.3, 0.4) is 0 Å². The lowest BCUT2D eigenvalue weighted by Gasteiger charge is -2.14. The highest BCUT2D eigenvalue weighted by molar-refractivity contribution is 5.98. The SMILES string of the molecule is O=C1CCCC(n2c(=O)[nH]c3ccccc32)C(=O)N1. The van der Waals surface area contributed by atoms with Crippen molar-refractivity contribution in [1.29, 1.82) is 0 Å². The molecule has 6 heteroatoms. The number of nitrogens with one attached hydrogen (secondary N) is 2. The molecule has 1 fully saturated rings. The van der Waals surface area contributed by atoms with Crippen molar-refractivity contribution in [3.05, 3.63) is 34.7 Å². The van der Waals surface area contributed by atoms with Crippen LogP contribution in [0.5, 0.6) is 0 Å². The highest BCUT2D eigenvalue weighted by atomic mass is 16.2. The van der Waals surface area contributed by atoms with Gasteiger partial charge in [0.15, 0.2) is 0 Å². The summed E-state index contributed by atoms with van der Waals surface area (Å²) < 4.78 is 1.43. The molecule has 0 bridgehead atoms. The largest absolute Gasteiger partial charge is 0.327 e. The molecule has 1 aromatic carbocycles. The Morgan fingerprint density at radius 2 is 1.95 bits per heavy atom. The number of hydrogen-bond acceptors (Lipinski definition) is 3. The molecule has 0 radical (unpaired) electrons. The number of aromatic nitrogens is 2. The predicted molar refractivity (Wildman–Crippen MR) is 68.6 cm³/mol. The average Bonchev–Trinajstić information content (AvgIpc) is 2.61. The van der Waals surface area contributed by atoms with Crippen LogP contribution in [0.1, 0.15) is 25.3 Å². The number of aromatic amines is 1. The Balaban J connectivity index is 2.13. The number of hydrogen-bond donors (Lipinski definition) is 2. The quantitative estimate of drug-likeness (QED) is 0.739. The number of imide groups is 1. The number of carbonyl (C=O) groups excluding carboxylic acids is 2. The maximum absolute atomic E-state index is 12.0. The van der Waals surface area contributed by atoms with Crippen LogP contribution in [0, 0.1) is 0 Å². The second kappa shape index (κ2) is 4.38. The van der Waals surface area contributed by atoms with Crippen LogP contribution in [0.25, 0.3) is 11.0 Å². The first kappa shape index (κ1) is 11.7. The summed E-state index contributed by atoms with van der Waals surface area (Å²) in [4.78, 5) is 38.1. The van der Waals surface area contributed by atoms with Crippen LogP contribution in [-0.4, -0.2) is 21.4 Å². The molecule has 1 unspecified atom stereocenters. The monoisotopic (exact) mass is 259 g/mol. The van der Waals surface area contributed by atoms with Gasteiger partial charge in [0.1, 0.15) is 6.04 Å². The lowest BCUT2D eigenvalue weighted by atomic mass is 10.1. The minimum absolute atomic E-state index is 0.277. The fraction of sp³-hybridized carbons (Fsp3) is 0.308. The van der Waals surface area contributed by atoms with E-state index >= 15 is 0 Å². The molecule has 1 saturated heterocycles. The lowest BCUT2D eigenvalue weighted by molar-refractivity contribution is -0.131. The number of rotatable bonds is 1. The summed E-state index contributed by atoms with van der Waals surface area (Å²) in [5, 5.41) is 2.32. The van der Waals surface area contributed by atoms with E-state index in [-0.39, 0.29) is 11.6 Å². The van der Waals surface area contributed by atoms with E-state index in [1.54, 1.807) is 12.1 Å². The van der Waals surface area contributed by atoms with Crippen molar-refractivity contribution in [2.75, 3.05) is 0 Å². The molecule has 1 aliphatic rings. The van der Waals surface area contributed by atoms with Gasteiger partial charge in [0.05, 0.1) is 11.0 Å². The summed E-state index contributed by atoms with van der Waals surface area (Å²) in [6.45, 7) is 0. The zero-order valence-electron chi connectivity index (χ0n) is 10.2. The van der Waals surface area contributed by atoms with Gasteiger partial charge in [-0.2, -0.15) is 0 Å².